The number of amides is 3. The summed E-state index contributed by atoms with van der Waals surface area (Å²) < 4.78 is 5.51. The minimum Gasteiger partial charge on any atom is -0.376 e. The van der Waals surface area contributed by atoms with Gasteiger partial charge in [-0.15, -0.1) is 0 Å². The van der Waals surface area contributed by atoms with E-state index in [0.29, 0.717) is 23.5 Å². The van der Waals surface area contributed by atoms with Gasteiger partial charge in [0.05, 0.1) is 11.8 Å². The monoisotopic (exact) mass is 453 g/mol. The molecule has 7 nitrogen and oxygen atoms in total. The van der Waals surface area contributed by atoms with Crippen LogP contribution < -0.4 is 15.5 Å². The molecule has 2 aliphatic rings. The molecule has 0 saturated carbocycles. The van der Waals surface area contributed by atoms with Crippen molar-refractivity contribution in [3.8, 4) is 0 Å². The van der Waals surface area contributed by atoms with Gasteiger partial charge in [0.25, 0.3) is 17.7 Å². The summed E-state index contributed by atoms with van der Waals surface area (Å²) in [7, 11) is 0. The third kappa shape index (κ3) is 4.54. The molecule has 1 saturated heterocycles. The van der Waals surface area contributed by atoms with Crippen molar-refractivity contribution in [3.05, 3.63) is 70.4 Å². The number of nitrogens with one attached hydrogen (secondary N) is 2. The molecule has 2 aromatic rings. The van der Waals surface area contributed by atoms with Crippen molar-refractivity contribution in [2.45, 2.75) is 32.3 Å². The van der Waals surface area contributed by atoms with E-state index in [4.69, 9.17) is 16.3 Å². The van der Waals surface area contributed by atoms with Crippen molar-refractivity contribution < 1.29 is 19.1 Å². The molecule has 0 bridgehead atoms. The first-order chi connectivity index (χ1) is 15.5. The summed E-state index contributed by atoms with van der Waals surface area (Å²) in [4.78, 5) is 38.9. The van der Waals surface area contributed by atoms with Gasteiger partial charge in [0, 0.05) is 24.4 Å². The van der Waals surface area contributed by atoms with Gasteiger partial charge in [-0.1, -0.05) is 30.7 Å². The highest BCUT2D eigenvalue weighted by molar-refractivity contribution is 6.53. The number of hydrogen-bond donors (Lipinski definition) is 2. The Balaban J connectivity index is 1.42. The smallest absolute Gasteiger partial charge is 0.283 e. The van der Waals surface area contributed by atoms with Crippen LogP contribution in [0.1, 0.15) is 35.7 Å². The molecule has 0 aromatic heterocycles. The van der Waals surface area contributed by atoms with E-state index in [2.05, 4.69) is 10.6 Å². The Morgan fingerprint density at radius 3 is 2.44 bits per heavy atom. The maximum absolute atomic E-state index is 12.9. The minimum absolute atomic E-state index is 0.00631. The van der Waals surface area contributed by atoms with Crippen LogP contribution in [0.5, 0.6) is 0 Å². The highest BCUT2D eigenvalue weighted by atomic mass is 35.5. The fraction of sp³-hybridized carbons (Fsp3) is 0.292. The lowest BCUT2D eigenvalue weighted by atomic mass is 10.1. The Labute approximate surface area is 191 Å². The van der Waals surface area contributed by atoms with E-state index in [-0.39, 0.29) is 22.7 Å². The SMILES string of the molecule is CCc1ccc(N2C(=O)C(Cl)=C(Nc3ccc(C(=O)NCC4CCCO4)cc3)C2=O)cc1. The van der Waals surface area contributed by atoms with Crippen LogP contribution in [-0.4, -0.2) is 37.0 Å². The molecule has 1 unspecified atom stereocenters. The van der Waals surface area contributed by atoms with Crippen LogP contribution in [0.3, 0.4) is 0 Å². The number of ether oxygens (including phenoxy) is 1. The molecule has 2 N–H and O–H groups in total. The van der Waals surface area contributed by atoms with Crippen molar-refractivity contribution in [2.75, 3.05) is 23.4 Å². The Hall–Kier alpha value is -3.16. The van der Waals surface area contributed by atoms with Gasteiger partial charge in [-0.3, -0.25) is 14.4 Å². The maximum atomic E-state index is 12.9. The average molecular weight is 454 g/mol. The van der Waals surface area contributed by atoms with Crippen molar-refractivity contribution >= 4 is 40.7 Å². The van der Waals surface area contributed by atoms with Gasteiger partial charge in [0.15, 0.2) is 0 Å². The maximum Gasteiger partial charge on any atom is 0.283 e. The lowest BCUT2D eigenvalue weighted by Gasteiger charge is -2.15. The molecule has 1 fully saturated rings. The molecule has 2 aliphatic heterocycles. The first-order valence-electron chi connectivity index (χ1n) is 10.6. The molecule has 166 valence electrons. The van der Waals surface area contributed by atoms with E-state index < -0.39 is 11.8 Å². The molecule has 3 amide bonds. The van der Waals surface area contributed by atoms with E-state index in [1.165, 1.54) is 0 Å². The normalized spacial score (nSPS) is 18.4. The predicted molar refractivity (Wildman–Crippen MR) is 123 cm³/mol. The molecule has 0 aliphatic carbocycles. The van der Waals surface area contributed by atoms with E-state index in [0.717, 1.165) is 36.3 Å². The van der Waals surface area contributed by atoms with E-state index in [1.54, 1.807) is 36.4 Å². The molecule has 8 heteroatoms. The second kappa shape index (κ2) is 9.54. The van der Waals surface area contributed by atoms with Crippen molar-refractivity contribution in [1.29, 1.82) is 0 Å². The quantitative estimate of drug-likeness (QED) is 0.625. The number of anilines is 2. The molecule has 1 atom stereocenters. The molecule has 0 spiro atoms. The third-order valence-corrected chi connectivity index (χ3v) is 5.91. The molecule has 32 heavy (non-hydrogen) atoms. The van der Waals surface area contributed by atoms with Gasteiger partial charge >= 0.3 is 0 Å². The predicted octanol–water partition coefficient (Wildman–Crippen LogP) is 3.59. The topological polar surface area (TPSA) is 87.7 Å². The van der Waals surface area contributed by atoms with Crippen molar-refractivity contribution in [1.82, 2.24) is 5.32 Å². The van der Waals surface area contributed by atoms with E-state index in [1.807, 2.05) is 19.1 Å². The van der Waals surface area contributed by atoms with Gasteiger partial charge in [0.2, 0.25) is 0 Å². The van der Waals surface area contributed by atoms with Crippen molar-refractivity contribution in [2.24, 2.45) is 0 Å². The van der Waals surface area contributed by atoms with Gasteiger partial charge in [0.1, 0.15) is 10.7 Å². The number of aryl methyl sites for hydroxylation is 1. The molecular formula is C24H24ClN3O4. The second-order valence-electron chi connectivity index (χ2n) is 7.70. The summed E-state index contributed by atoms with van der Waals surface area (Å²) in [5, 5.41) is 5.61. The minimum atomic E-state index is -0.575. The fourth-order valence-electron chi connectivity index (χ4n) is 3.69. The Morgan fingerprint density at radius 1 is 1.09 bits per heavy atom. The number of carbonyl (C=O) groups excluding carboxylic acids is 3. The van der Waals surface area contributed by atoms with Gasteiger partial charge in [-0.25, -0.2) is 4.90 Å². The zero-order valence-electron chi connectivity index (χ0n) is 17.7. The Kier molecular flexibility index (Phi) is 6.58. The lowest BCUT2D eigenvalue weighted by molar-refractivity contribution is -0.120. The van der Waals surface area contributed by atoms with Crippen LogP contribution in [0, 0.1) is 0 Å². The number of rotatable bonds is 7. The summed E-state index contributed by atoms with van der Waals surface area (Å²) in [6.07, 6.45) is 2.89. The summed E-state index contributed by atoms with van der Waals surface area (Å²) >= 11 is 6.19. The third-order valence-electron chi connectivity index (χ3n) is 5.56. The second-order valence-corrected chi connectivity index (χ2v) is 8.08. The largest absolute Gasteiger partial charge is 0.376 e. The first kappa shape index (κ1) is 22.0. The molecule has 2 heterocycles. The van der Waals surface area contributed by atoms with Gasteiger partial charge in [-0.05, 0) is 61.2 Å². The molecular weight excluding hydrogens is 430 g/mol. The van der Waals surface area contributed by atoms with Gasteiger partial charge in [-0.2, -0.15) is 0 Å². The number of nitrogens with zero attached hydrogens (tertiary/aromatic N) is 1. The van der Waals surface area contributed by atoms with Crippen LogP contribution in [0.2, 0.25) is 0 Å². The zero-order valence-corrected chi connectivity index (χ0v) is 18.4. The Bertz CT molecular complexity index is 1060. The number of hydrogen-bond acceptors (Lipinski definition) is 5. The lowest BCUT2D eigenvalue weighted by Crippen LogP contribution is -2.32. The van der Waals surface area contributed by atoms with Gasteiger partial charge < -0.3 is 15.4 Å². The summed E-state index contributed by atoms with van der Waals surface area (Å²) in [5.41, 5.74) is 2.60. The van der Waals surface area contributed by atoms with E-state index >= 15 is 0 Å². The molecule has 0 radical (unpaired) electrons. The highest BCUT2D eigenvalue weighted by Gasteiger charge is 2.38. The van der Waals surface area contributed by atoms with Crippen LogP contribution in [0.4, 0.5) is 11.4 Å². The molecule has 4 rings (SSSR count). The molecule has 2 aromatic carbocycles. The zero-order chi connectivity index (χ0) is 22.7. The average Bonchev–Trinajstić information content (AvgIpc) is 3.41. The summed E-state index contributed by atoms with van der Waals surface area (Å²) in [6.45, 7) is 3.25. The summed E-state index contributed by atoms with van der Waals surface area (Å²) in [5.74, 6) is -1.30. The number of halogens is 1. The fourth-order valence-corrected chi connectivity index (χ4v) is 3.90. The standard InChI is InChI=1S/C24H24ClN3O4/c1-2-15-5-11-18(12-6-15)28-23(30)20(25)21(24(28)31)27-17-9-7-16(8-10-17)22(29)26-14-19-4-3-13-32-19/h5-12,19,27H,2-4,13-14H2,1H3,(H,26,29). The van der Waals surface area contributed by atoms with Crippen LogP contribution in [0.15, 0.2) is 59.3 Å². The Morgan fingerprint density at radius 2 is 1.81 bits per heavy atom. The highest BCUT2D eigenvalue weighted by Crippen LogP contribution is 2.30. The van der Waals surface area contributed by atoms with Crippen LogP contribution >= 0.6 is 11.6 Å². The number of carbonyl (C=O) groups is 3. The van der Waals surface area contributed by atoms with Crippen molar-refractivity contribution in [3.63, 3.8) is 0 Å². The van der Waals surface area contributed by atoms with E-state index in [9.17, 15) is 14.4 Å². The summed E-state index contributed by atoms with van der Waals surface area (Å²) in [6, 6.07) is 13.8. The number of imide groups is 1. The first-order valence-corrected chi connectivity index (χ1v) is 11.0. The van der Waals surface area contributed by atoms with Crippen LogP contribution in [0.25, 0.3) is 0 Å². The van der Waals surface area contributed by atoms with Crippen LogP contribution in [-0.2, 0) is 20.7 Å². The number of benzene rings is 2.